The summed E-state index contributed by atoms with van der Waals surface area (Å²) in [6.45, 7) is 3.60. The number of amides is 2. The maximum absolute atomic E-state index is 13.1. The van der Waals surface area contributed by atoms with E-state index in [2.05, 4.69) is 35.0 Å². The van der Waals surface area contributed by atoms with Gasteiger partial charge in [0.15, 0.2) is 0 Å². The molecule has 0 spiro atoms. The summed E-state index contributed by atoms with van der Waals surface area (Å²) >= 11 is 4.43. The van der Waals surface area contributed by atoms with Crippen LogP contribution < -0.4 is 10.0 Å². The Morgan fingerprint density at radius 2 is 1.73 bits per heavy atom. The predicted octanol–water partition coefficient (Wildman–Crippen LogP) is 4.04. The number of hydrogen-bond acceptors (Lipinski definition) is 7. The Kier molecular flexibility index (Phi) is 9.95. The summed E-state index contributed by atoms with van der Waals surface area (Å²) in [4.78, 5) is 29.0. The molecule has 2 heterocycles. The lowest BCUT2D eigenvalue weighted by Gasteiger charge is -2.16. The van der Waals surface area contributed by atoms with Crippen molar-refractivity contribution in [2.75, 3.05) is 5.75 Å². The summed E-state index contributed by atoms with van der Waals surface area (Å²) in [6.07, 6.45) is 3.97. The van der Waals surface area contributed by atoms with Crippen molar-refractivity contribution in [1.82, 2.24) is 24.8 Å². The van der Waals surface area contributed by atoms with Gasteiger partial charge in [0.1, 0.15) is 5.69 Å². The lowest BCUT2D eigenvalue weighted by atomic mass is 10.1. The number of hydrogen-bond donors (Lipinski definition) is 3. The van der Waals surface area contributed by atoms with Crippen LogP contribution in [0.25, 0.3) is 11.3 Å². The van der Waals surface area contributed by atoms with Gasteiger partial charge in [0, 0.05) is 36.2 Å². The quantitative estimate of drug-likeness (QED) is 0.214. The van der Waals surface area contributed by atoms with Gasteiger partial charge in [0.05, 0.1) is 17.1 Å². The van der Waals surface area contributed by atoms with E-state index < -0.39 is 15.9 Å². The molecular formula is C30H33N5O4S2. The summed E-state index contributed by atoms with van der Waals surface area (Å²) in [5.41, 5.74) is 4.06. The van der Waals surface area contributed by atoms with E-state index in [0.29, 0.717) is 35.7 Å². The minimum Gasteiger partial charge on any atom is -0.347 e. The Hall–Kier alpha value is -3.96. The molecule has 0 aliphatic heterocycles. The maximum Gasteiger partial charge on any atom is 0.272 e. The third kappa shape index (κ3) is 7.83. The molecule has 0 radical (unpaired) electrons. The van der Waals surface area contributed by atoms with Crippen LogP contribution in [0.3, 0.4) is 0 Å². The van der Waals surface area contributed by atoms with Gasteiger partial charge in [-0.05, 0) is 42.2 Å². The van der Waals surface area contributed by atoms with E-state index in [-0.39, 0.29) is 16.8 Å². The number of thiol groups is 1. The largest absolute Gasteiger partial charge is 0.347 e. The normalized spacial score (nSPS) is 12.1. The lowest BCUT2D eigenvalue weighted by molar-refractivity contribution is -0.117. The molecule has 2 aromatic heterocycles. The predicted molar refractivity (Wildman–Crippen MR) is 161 cm³/mol. The Balaban J connectivity index is 1.52. The van der Waals surface area contributed by atoms with Crippen LogP contribution in [-0.4, -0.2) is 46.8 Å². The molecule has 0 saturated heterocycles. The van der Waals surface area contributed by atoms with E-state index in [1.54, 1.807) is 35.1 Å². The third-order valence-electron chi connectivity index (χ3n) is 6.37. The number of nitrogens with zero attached hydrogens (tertiary/aromatic N) is 3. The molecule has 4 rings (SSSR count). The zero-order chi connectivity index (χ0) is 29.4. The Bertz CT molecular complexity index is 1600. The van der Waals surface area contributed by atoms with Gasteiger partial charge in [0.2, 0.25) is 5.91 Å². The average Bonchev–Trinajstić information content (AvgIpc) is 3.35. The van der Waals surface area contributed by atoms with E-state index in [0.717, 1.165) is 36.6 Å². The number of aromatic nitrogens is 3. The van der Waals surface area contributed by atoms with E-state index in [9.17, 15) is 18.0 Å². The van der Waals surface area contributed by atoms with Crippen LogP contribution in [-0.2, 0) is 34.2 Å². The second-order valence-corrected chi connectivity index (χ2v) is 11.7. The highest BCUT2D eigenvalue weighted by molar-refractivity contribution is 7.90. The lowest BCUT2D eigenvalue weighted by Crippen LogP contribution is -2.38. The number of aryl methyl sites for hydroxylation is 1. The van der Waals surface area contributed by atoms with Crippen LogP contribution in [0, 0.1) is 0 Å². The second-order valence-electron chi connectivity index (χ2n) is 9.68. The summed E-state index contributed by atoms with van der Waals surface area (Å²) in [5, 5.41) is 7.66. The van der Waals surface area contributed by atoms with Crippen molar-refractivity contribution < 1.29 is 18.0 Å². The fourth-order valence-electron chi connectivity index (χ4n) is 4.49. The zero-order valence-electron chi connectivity index (χ0n) is 22.9. The van der Waals surface area contributed by atoms with Crippen LogP contribution in [0.1, 0.15) is 47.6 Å². The molecule has 2 amide bonds. The van der Waals surface area contributed by atoms with E-state index in [1.165, 1.54) is 6.07 Å². The molecule has 2 N–H and O–H groups in total. The SMILES string of the molecule is CCCc1cc(C(=O)N[C@@H](CS)Cc2ccccc2)nn1Cc1ccc(-c2ccccc2S(=O)(=O)NC(C)=O)nc1. The number of nitrogens with one attached hydrogen (secondary N) is 2. The highest BCUT2D eigenvalue weighted by Crippen LogP contribution is 2.26. The highest BCUT2D eigenvalue weighted by Gasteiger charge is 2.21. The highest BCUT2D eigenvalue weighted by atomic mass is 32.2. The molecule has 214 valence electrons. The van der Waals surface area contributed by atoms with Gasteiger partial charge in [0.25, 0.3) is 15.9 Å². The number of carbonyl (C=O) groups excluding carboxylic acids is 2. The minimum atomic E-state index is -4.04. The Labute approximate surface area is 245 Å². The molecule has 2 aromatic carbocycles. The topological polar surface area (TPSA) is 123 Å². The van der Waals surface area contributed by atoms with Crippen LogP contribution in [0.2, 0.25) is 0 Å². The molecule has 0 aliphatic carbocycles. The smallest absolute Gasteiger partial charge is 0.272 e. The van der Waals surface area contributed by atoms with Gasteiger partial charge in [-0.25, -0.2) is 13.1 Å². The van der Waals surface area contributed by atoms with Crippen molar-refractivity contribution in [3.8, 4) is 11.3 Å². The monoisotopic (exact) mass is 591 g/mol. The number of benzene rings is 2. The van der Waals surface area contributed by atoms with Crippen LogP contribution in [0.4, 0.5) is 0 Å². The van der Waals surface area contributed by atoms with Gasteiger partial charge in [-0.2, -0.15) is 17.7 Å². The average molecular weight is 592 g/mol. The van der Waals surface area contributed by atoms with Crippen molar-refractivity contribution in [3.05, 3.63) is 102 Å². The molecule has 41 heavy (non-hydrogen) atoms. The molecule has 0 saturated carbocycles. The van der Waals surface area contributed by atoms with Crippen molar-refractivity contribution in [1.29, 1.82) is 0 Å². The summed E-state index contributed by atoms with van der Waals surface area (Å²) < 4.78 is 29.1. The van der Waals surface area contributed by atoms with Crippen molar-refractivity contribution in [3.63, 3.8) is 0 Å². The molecule has 11 heteroatoms. The van der Waals surface area contributed by atoms with Crippen LogP contribution in [0.5, 0.6) is 0 Å². The Morgan fingerprint density at radius 1 is 1.00 bits per heavy atom. The van der Waals surface area contributed by atoms with E-state index in [1.807, 2.05) is 47.2 Å². The van der Waals surface area contributed by atoms with Crippen molar-refractivity contribution in [2.45, 2.75) is 50.6 Å². The fourth-order valence-corrected chi connectivity index (χ4v) is 5.92. The Morgan fingerprint density at radius 3 is 2.39 bits per heavy atom. The first-order valence-electron chi connectivity index (χ1n) is 13.3. The third-order valence-corrected chi connectivity index (χ3v) is 8.30. The number of carbonyl (C=O) groups is 2. The van der Waals surface area contributed by atoms with Crippen LogP contribution >= 0.6 is 12.6 Å². The molecule has 0 aliphatic rings. The molecule has 4 aromatic rings. The number of pyridine rings is 1. The molecule has 0 bridgehead atoms. The molecule has 0 fully saturated rings. The molecule has 1 atom stereocenters. The van der Waals surface area contributed by atoms with Gasteiger partial charge in [-0.15, -0.1) is 0 Å². The van der Waals surface area contributed by atoms with Crippen molar-refractivity contribution >= 4 is 34.5 Å². The van der Waals surface area contributed by atoms with E-state index in [4.69, 9.17) is 0 Å². The number of rotatable bonds is 12. The van der Waals surface area contributed by atoms with Gasteiger partial charge in [-0.1, -0.05) is 67.9 Å². The zero-order valence-corrected chi connectivity index (χ0v) is 24.7. The van der Waals surface area contributed by atoms with E-state index >= 15 is 0 Å². The molecular weight excluding hydrogens is 558 g/mol. The fraction of sp³-hybridized carbons (Fsp3) is 0.267. The summed E-state index contributed by atoms with van der Waals surface area (Å²) in [5.74, 6) is -0.423. The van der Waals surface area contributed by atoms with Gasteiger partial charge >= 0.3 is 0 Å². The number of sulfonamides is 1. The van der Waals surface area contributed by atoms with Crippen LogP contribution in [0.15, 0.2) is 83.9 Å². The first-order valence-corrected chi connectivity index (χ1v) is 15.4. The first kappa shape index (κ1) is 30.0. The molecule has 9 nitrogen and oxygen atoms in total. The summed E-state index contributed by atoms with van der Waals surface area (Å²) in [7, 11) is -4.04. The van der Waals surface area contributed by atoms with Gasteiger partial charge < -0.3 is 5.32 Å². The summed E-state index contributed by atoms with van der Waals surface area (Å²) in [6, 6.07) is 21.6. The van der Waals surface area contributed by atoms with Gasteiger partial charge in [-0.3, -0.25) is 19.3 Å². The second kappa shape index (κ2) is 13.6. The standard InChI is InChI=1S/C30H33N5O4S2/c1-3-9-25-17-28(30(37)32-24(20-40)16-22-10-5-4-6-11-22)33-35(25)19-23-14-15-27(31-18-23)26-12-7-8-13-29(26)41(38,39)34-21(2)36/h4-8,10-15,17-18,24,40H,3,9,16,19-20H2,1-2H3,(H,32,37)(H,34,36)/t24-/m1/s1. The van der Waals surface area contributed by atoms with Crippen molar-refractivity contribution in [2.24, 2.45) is 0 Å². The maximum atomic E-state index is 13.1. The molecule has 0 unspecified atom stereocenters. The first-order chi connectivity index (χ1) is 19.7. The minimum absolute atomic E-state index is 0.0322.